The van der Waals surface area contributed by atoms with Crippen molar-refractivity contribution in [3.8, 4) is 0 Å². The van der Waals surface area contributed by atoms with Gasteiger partial charge in [0.2, 0.25) is 15.9 Å². The Morgan fingerprint density at radius 3 is 2.57 bits per heavy atom. The Balaban J connectivity index is 2.41. The number of hydrogen-bond donors (Lipinski definition) is 2. The third kappa shape index (κ3) is 6.11. The van der Waals surface area contributed by atoms with Gasteiger partial charge >= 0.3 is 0 Å². The van der Waals surface area contributed by atoms with E-state index in [-0.39, 0.29) is 36.0 Å². The average molecular weight is 340 g/mol. The first-order chi connectivity index (χ1) is 9.90. The molecule has 0 bridgehead atoms. The van der Waals surface area contributed by atoms with E-state index < -0.39 is 10.0 Å². The lowest BCUT2D eigenvalue weighted by Gasteiger charge is -2.26. The van der Waals surface area contributed by atoms with E-state index in [1.807, 2.05) is 6.26 Å². The number of morpholine rings is 1. The fraction of sp³-hybridized carbons (Fsp3) is 0.917. The lowest BCUT2D eigenvalue weighted by atomic mass is 10.2. The van der Waals surface area contributed by atoms with Crippen LogP contribution in [-0.2, 0) is 19.6 Å². The van der Waals surface area contributed by atoms with Gasteiger partial charge in [0.1, 0.15) is 0 Å². The van der Waals surface area contributed by atoms with Gasteiger partial charge in [0.05, 0.1) is 25.6 Å². The minimum absolute atomic E-state index is 0.0330. The van der Waals surface area contributed by atoms with Crippen molar-refractivity contribution >= 4 is 27.7 Å². The van der Waals surface area contributed by atoms with Gasteiger partial charge in [0.15, 0.2) is 0 Å². The molecule has 2 N–H and O–H groups in total. The number of aliphatic hydroxyl groups is 1. The summed E-state index contributed by atoms with van der Waals surface area (Å²) in [5, 5.41) is 11.8. The number of thioether (sulfide) groups is 1. The SMILES string of the molecule is CSC(CO)C(C)NC(=O)CCS(=O)(=O)N1CCOCC1. The number of nitrogens with zero attached hydrogens (tertiary/aromatic N) is 1. The normalized spacial score (nSPS) is 20.0. The smallest absolute Gasteiger partial charge is 0.221 e. The monoisotopic (exact) mass is 340 g/mol. The van der Waals surface area contributed by atoms with Gasteiger partial charge in [-0.25, -0.2) is 8.42 Å². The molecule has 0 aromatic rings. The quantitative estimate of drug-likeness (QED) is 0.605. The van der Waals surface area contributed by atoms with Crippen molar-refractivity contribution in [3.05, 3.63) is 0 Å². The summed E-state index contributed by atoms with van der Waals surface area (Å²) in [6.07, 6.45) is 1.78. The van der Waals surface area contributed by atoms with E-state index in [4.69, 9.17) is 9.84 Å². The summed E-state index contributed by atoms with van der Waals surface area (Å²) in [5.74, 6) is -0.513. The standard InChI is InChI=1S/C12H24N2O5S2/c1-10(11(9-15)20-2)13-12(16)3-8-21(17,18)14-4-6-19-7-5-14/h10-11,15H,3-9H2,1-2H3,(H,13,16). The van der Waals surface area contributed by atoms with Crippen molar-refractivity contribution < 1.29 is 23.1 Å². The average Bonchev–Trinajstić information content (AvgIpc) is 2.47. The van der Waals surface area contributed by atoms with E-state index in [9.17, 15) is 13.2 Å². The summed E-state index contributed by atoms with van der Waals surface area (Å²) in [4.78, 5) is 11.8. The Morgan fingerprint density at radius 2 is 2.05 bits per heavy atom. The number of carbonyl (C=O) groups is 1. The van der Waals surface area contributed by atoms with Gasteiger partial charge in [0, 0.05) is 30.8 Å². The highest BCUT2D eigenvalue weighted by Gasteiger charge is 2.25. The van der Waals surface area contributed by atoms with Crippen LogP contribution in [0.3, 0.4) is 0 Å². The van der Waals surface area contributed by atoms with Crippen molar-refractivity contribution in [3.63, 3.8) is 0 Å². The van der Waals surface area contributed by atoms with Gasteiger partial charge in [-0.05, 0) is 13.2 Å². The minimum Gasteiger partial charge on any atom is -0.395 e. The lowest BCUT2D eigenvalue weighted by molar-refractivity contribution is -0.121. The molecule has 7 nitrogen and oxygen atoms in total. The van der Waals surface area contributed by atoms with Crippen LogP contribution in [0.2, 0.25) is 0 Å². The third-order valence-electron chi connectivity index (χ3n) is 3.38. The van der Waals surface area contributed by atoms with Crippen LogP contribution in [0, 0.1) is 0 Å². The van der Waals surface area contributed by atoms with Crippen LogP contribution in [0.5, 0.6) is 0 Å². The molecule has 0 aliphatic carbocycles. The molecule has 0 radical (unpaired) electrons. The molecule has 124 valence electrons. The zero-order valence-corrected chi connectivity index (χ0v) is 14.1. The molecule has 1 aliphatic rings. The highest BCUT2D eigenvalue weighted by atomic mass is 32.2. The van der Waals surface area contributed by atoms with Gasteiger partial charge in [-0.1, -0.05) is 0 Å². The molecule has 1 amide bonds. The van der Waals surface area contributed by atoms with Crippen molar-refractivity contribution in [2.75, 3.05) is 44.9 Å². The van der Waals surface area contributed by atoms with Crippen LogP contribution in [0.25, 0.3) is 0 Å². The van der Waals surface area contributed by atoms with Gasteiger partial charge in [-0.3, -0.25) is 4.79 Å². The van der Waals surface area contributed by atoms with Crippen molar-refractivity contribution in [1.29, 1.82) is 0 Å². The zero-order valence-electron chi connectivity index (χ0n) is 12.4. The van der Waals surface area contributed by atoms with E-state index in [1.54, 1.807) is 6.92 Å². The number of hydrogen-bond acceptors (Lipinski definition) is 6. The fourth-order valence-electron chi connectivity index (χ4n) is 2.03. The Labute approximate surface area is 130 Å². The third-order valence-corrected chi connectivity index (χ3v) is 6.41. The van der Waals surface area contributed by atoms with Crippen LogP contribution in [-0.4, -0.2) is 79.9 Å². The highest BCUT2D eigenvalue weighted by Crippen LogP contribution is 2.11. The maximum Gasteiger partial charge on any atom is 0.221 e. The van der Waals surface area contributed by atoms with E-state index in [1.165, 1.54) is 16.1 Å². The molecule has 1 heterocycles. The number of ether oxygens (including phenoxy) is 1. The molecule has 9 heteroatoms. The topological polar surface area (TPSA) is 95.9 Å². The largest absolute Gasteiger partial charge is 0.395 e. The molecule has 0 aromatic heterocycles. The molecule has 1 saturated heterocycles. The van der Waals surface area contributed by atoms with Crippen molar-refractivity contribution in [2.24, 2.45) is 0 Å². The first kappa shape index (κ1) is 18.7. The predicted molar refractivity (Wildman–Crippen MR) is 82.8 cm³/mol. The summed E-state index contributed by atoms with van der Waals surface area (Å²) in [7, 11) is -3.41. The van der Waals surface area contributed by atoms with Crippen LogP contribution >= 0.6 is 11.8 Å². The number of nitrogens with one attached hydrogen (secondary N) is 1. The lowest BCUT2D eigenvalue weighted by Crippen LogP contribution is -2.44. The summed E-state index contributed by atoms with van der Waals surface area (Å²) in [6.45, 7) is 3.25. The Kier molecular flexibility index (Phi) is 7.96. The second kappa shape index (κ2) is 8.94. The van der Waals surface area contributed by atoms with E-state index in [2.05, 4.69) is 5.32 Å². The van der Waals surface area contributed by atoms with Gasteiger partial charge < -0.3 is 15.2 Å². The zero-order chi connectivity index (χ0) is 15.9. The van der Waals surface area contributed by atoms with E-state index >= 15 is 0 Å². The van der Waals surface area contributed by atoms with Crippen LogP contribution < -0.4 is 5.32 Å². The second-order valence-electron chi connectivity index (χ2n) is 4.89. The van der Waals surface area contributed by atoms with Crippen molar-refractivity contribution in [1.82, 2.24) is 9.62 Å². The number of carbonyl (C=O) groups excluding carboxylic acids is 1. The van der Waals surface area contributed by atoms with Crippen LogP contribution in [0.1, 0.15) is 13.3 Å². The summed E-state index contributed by atoms with van der Waals surface area (Å²) < 4.78 is 30.6. The maximum absolute atomic E-state index is 12.1. The molecule has 1 aliphatic heterocycles. The predicted octanol–water partition coefficient (Wildman–Crippen LogP) is -0.733. The second-order valence-corrected chi connectivity index (χ2v) is 8.06. The fourth-order valence-corrected chi connectivity index (χ4v) is 4.06. The molecule has 0 saturated carbocycles. The molecule has 1 fully saturated rings. The Hall–Kier alpha value is -0.350. The van der Waals surface area contributed by atoms with Gasteiger partial charge in [0.25, 0.3) is 0 Å². The first-order valence-corrected chi connectivity index (χ1v) is 9.79. The Bertz CT molecular complexity index is 419. The van der Waals surface area contributed by atoms with E-state index in [0.29, 0.717) is 26.3 Å². The van der Waals surface area contributed by atoms with Crippen LogP contribution in [0.15, 0.2) is 0 Å². The summed E-state index contributed by atoms with van der Waals surface area (Å²) in [6, 6.07) is -0.205. The molecule has 2 unspecified atom stereocenters. The highest BCUT2D eigenvalue weighted by molar-refractivity contribution is 7.99. The van der Waals surface area contributed by atoms with Gasteiger partial charge in [-0.15, -0.1) is 0 Å². The van der Waals surface area contributed by atoms with Crippen molar-refractivity contribution in [2.45, 2.75) is 24.6 Å². The molecule has 2 atom stereocenters. The van der Waals surface area contributed by atoms with Gasteiger partial charge in [-0.2, -0.15) is 16.1 Å². The molecule has 0 spiro atoms. The maximum atomic E-state index is 12.1. The number of sulfonamides is 1. The van der Waals surface area contributed by atoms with E-state index in [0.717, 1.165) is 0 Å². The van der Waals surface area contributed by atoms with Crippen LogP contribution in [0.4, 0.5) is 0 Å². The molecular formula is C12H24N2O5S2. The Morgan fingerprint density at radius 1 is 1.43 bits per heavy atom. The number of amides is 1. The number of rotatable bonds is 8. The number of aliphatic hydroxyl groups excluding tert-OH is 1. The molecule has 21 heavy (non-hydrogen) atoms. The molecule has 0 aromatic carbocycles. The summed E-state index contributed by atoms with van der Waals surface area (Å²) >= 11 is 1.46. The minimum atomic E-state index is -3.41. The first-order valence-electron chi connectivity index (χ1n) is 6.89. The summed E-state index contributed by atoms with van der Waals surface area (Å²) in [5.41, 5.74) is 0. The molecular weight excluding hydrogens is 316 g/mol. The molecule has 1 rings (SSSR count).